The van der Waals surface area contributed by atoms with E-state index >= 15 is 0 Å². The third-order valence-corrected chi connectivity index (χ3v) is 12.0. The summed E-state index contributed by atoms with van der Waals surface area (Å²) < 4.78 is 63.3. The smallest absolute Gasteiger partial charge is 0.356 e. The van der Waals surface area contributed by atoms with E-state index in [1.165, 1.54) is 111 Å². The number of hydrogen-bond donors (Lipinski definition) is 4. The van der Waals surface area contributed by atoms with Crippen LogP contribution in [-0.2, 0) is 19.0 Å². The summed E-state index contributed by atoms with van der Waals surface area (Å²) in [4.78, 5) is 37.8. The highest BCUT2D eigenvalue weighted by atomic mass is 35.5. The second-order valence-corrected chi connectivity index (χ2v) is 16.4. The molecule has 0 bridgehead atoms. The highest BCUT2D eigenvalue weighted by Gasteiger charge is 2.36. The lowest BCUT2D eigenvalue weighted by Gasteiger charge is -2.23. The van der Waals surface area contributed by atoms with Gasteiger partial charge < -0.3 is 29.0 Å². The zero-order valence-corrected chi connectivity index (χ0v) is 29.0. The molecule has 0 saturated heterocycles. The average Bonchev–Trinajstić information content (AvgIpc) is 3.01. The minimum absolute atomic E-state index is 0.107. The number of methoxy groups -OCH3 is 2. The third-order valence-electron chi connectivity index (χ3n) is 7.12. The fourth-order valence-electron chi connectivity index (χ4n) is 4.63. The minimum atomic E-state index is -4.48. The molecule has 0 heterocycles. The Bertz CT molecular complexity index is 1860. The Hall–Kier alpha value is -3.21. The van der Waals surface area contributed by atoms with E-state index in [0.717, 1.165) is 0 Å². The second-order valence-electron chi connectivity index (χ2n) is 10.2. The average molecular weight is 740 g/mol. The first-order valence-corrected chi connectivity index (χ1v) is 19.2. The molecule has 4 rings (SSSR count). The molecule has 0 spiro atoms. The summed E-state index contributed by atoms with van der Waals surface area (Å²) in [5, 5.41) is -2.90. The van der Waals surface area contributed by atoms with Crippen LogP contribution in [0.15, 0.2) is 97.1 Å². The molecule has 0 amide bonds. The fourth-order valence-corrected chi connectivity index (χ4v) is 8.44. The molecule has 10 nitrogen and oxygen atoms in total. The Labute approximate surface area is 282 Å². The van der Waals surface area contributed by atoms with E-state index < -0.39 is 35.5 Å². The first-order chi connectivity index (χ1) is 22.0. The van der Waals surface area contributed by atoms with Crippen molar-refractivity contribution in [2.75, 3.05) is 14.2 Å². The van der Waals surface area contributed by atoms with Crippen LogP contribution in [0.1, 0.15) is 32.8 Å². The topological polar surface area (TPSA) is 168 Å². The minimum Gasteiger partial charge on any atom is -0.497 e. The summed E-state index contributed by atoms with van der Waals surface area (Å²) in [6.45, 7) is 0. The van der Waals surface area contributed by atoms with Gasteiger partial charge in [-0.1, -0.05) is 83.9 Å². The van der Waals surface area contributed by atoms with Gasteiger partial charge in [-0.3, -0.25) is 9.13 Å². The lowest BCUT2D eigenvalue weighted by Crippen LogP contribution is -2.19. The van der Waals surface area contributed by atoms with E-state index in [1.807, 2.05) is 0 Å². The van der Waals surface area contributed by atoms with Crippen molar-refractivity contribution in [2.24, 2.45) is 0 Å². The monoisotopic (exact) mass is 738 g/mol. The van der Waals surface area contributed by atoms with Crippen LogP contribution in [0.2, 0.25) is 10.0 Å². The van der Waals surface area contributed by atoms with Crippen LogP contribution in [0, 0.1) is 0 Å². The van der Waals surface area contributed by atoms with E-state index in [2.05, 4.69) is 0 Å². The number of rotatable bonds is 12. The van der Waals surface area contributed by atoms with Crippen LogP contribution < -0.4 is 20.1 Å². The van der Waals surface area contributed by atoms with Crippen molar-refractivity contribution in [1.82, 2.24) is 0 Å². The van der Waals surface area contributed by atoms with Gasteiger partial charge in [0.25, 0.3) is 0 Å². The molecule has 15 heteroatoms. The molecular weight excluding hydrogens is 709 g/mol. The summed E-state index contributed by atoms with van der Waals surface area (Å²) in [5.74, 6) is 0.806. The Balaban J connectivity index is 1.88. The SMILES string of the molecule is COc1ccc(C(C=Cc2ccc(P(=O)(O)O)cc2)S(=O)(=O)C(C=Cc2ccc(P(=O)(O)O)cc2)c2ccc(OC)cc2Cl)c(Cl)c1. The van der Waals surface area contributed by atoms with Crippen LogP contribution in [0.25, 0.3) is 12.2 Å². The Kier molecular flexibility index (Phi) is 11.6. The van der Waals surface area contributed by atoms with Gasteiger partial charge in [-0.15, -0.1) is 0 Å². The largest absolute Gasteiger partial charge is 0.497 e. The van der Waals surface area contributed by atoms with E-state index in [9.17, 15) is 37.1 Å². The maximum absolute atomic E-state index is 14.8. The van der Waals surface area contributed by atoms with Gasteiger partial charge in [0.15, 0.2) is 9.84 Å². The van der Waals surface area contributed by atoms with Gasteiger partial charge >= 0.3 is 15.2 Å². The van der Waals surface area contributed by atoms with E-state index in [-0.39, 0.29) is 31.8 Å². The summed E-state index contributed by atoms with van der Waals surface area (Å²) in [6, 6.07) is 20.0. The summed E-state index contributed by atoms with van der Waals surface area (Å²) in [6.07, 6.45) is 5.85. The summed E-state index contributed by atoms with van der Waals surface area (Å²) in [7, 11) is -10.4. The molecule has 2 atom stereocenters. The normalized spacial score (nSPS) is 14.0. The van der Waals surface area contributed by atoms with Crippen LogP contribution >= 0.6 is 38.4 Å². The van der Waals surface area contributed by atoms with Gasteiger partial charge in [-0.2, -0.15) is 0 Å². The molecule has 0 saturated carbocycles. The predicted octanol–water partition coefficient (Wildman–Crippen LogP) is 6.24. The molecule has 0 aliphatic heterocycles. The maximum atomic E-state index is 14.8. The summed E-state index contributed by atoms with van der Waals surface area (Å²) in [5.41, 5.74) is 1.38. The molecule has 0 radical (unpaired) electrons. The zero-order chi connectivity index (χ0) is 34.6. The molecule has 0 fully saturated rings. The van der Waals surface area contributed by atoms with Gasteiger partial charge in [0.2, 0.25) is 0 Å². The van der Waals surface area contributed by atoms with Crippen LogP contribution in [0.4, 0.5) is 0 Å². The Morgan fingerprint density at radius 3 is 1.23 bits per heavy atom. The molecular formula is C32H30Cl2O10P2S. The van der Waals surface area contributed by atoms with Crippen molar-refractivity contribution < 1.29 is 46.6 Å². The van der Waals surface area contributed by atoms with Crippen molar-refractivity contribution in [1.29, 1.82) is 0 Å². The summed E-state index contributed by atoms with van der Waals surface area (Å²) >= 11 is 13.2. The molecule has 0 aliphatic carbocycles. The number of ether oxygens (including phenoxy) is 2. The number of hydrogen-bond acceptors (Lipinski definition) is 6. The maximum Gasteiger partial charge on any atom is 0.356 e. The molecule has 4 N–H and O–H groups in total. The Morgan fingerprint density at radius 2 is 0.957 bits per heavy atom. The number of sulfone groups is 1. The number of halogens is 2. The second kappa shape index (κ2) is 14.9. The standard InChI is InChI=1S/C32H30Cl2O10P2S/c1-43-23-9-15-27(29(33)19-23)31(17-7-21-3-11-25(12-4-21)45(35,36)37)47(41,42)32(28-16-10-24(44-2)20-30(28)34)18-8-22-5-13-26(14-6-22)46(38,39)40/h3-20,31-32H,1-2H3,(H2,35,36,37)(H2,38,39,40). The van der Waals surface area contributed by atoms with Gasteiger partial charge in [0.05, 0.1) is 24.8 Å². The lowest BCUT2D eigenvalue weighted by molar-refractivity contribution is 0.385. The van der Waals surface area contributed by atoms with Crippen molar-refractivity contribution in [2.45, 2.75) is 10.5 Å². The molecule has 47 heavy (non-hydrogen) atoms. The van der Waals surface area contributed by atoms with E-state index in [4.69, 9.17) is 32.7 Å². The first-order valence-electron chi connectivity index (χ1n) is 13.6. The van der Waals surface area contributed by atoms with Gasteiger partial charge in [-0.05, 0) is 70.8 Å². The van der Waals surface area contributed by atoms with Crippen LogP contribution in [-0.4, -0.2) is 42.2 Å². The lowest BCUT2D eigenvalue weighted by atomic mass is 10.1. The first kappa shape index (κ1) is 36.6. The van der Waals surface area contributed by atoms with Gasteiger partial charge in [-0.25, -0.2) is 8.42 Å². The Morgan fingerprint density at radius 1 is 0.617 bits per heavy atom. The highest BCUT2D eigenvalue weighted by Crippen LogP contribution is 2.43. The predicted molar refractivity (Wildman–Crippen MR) is 185 cm³/mol. The fraction of sp³-hybridized carbons (Fsp3) is 0.125. The zero-order valence-electron chi connectivity index (χ0n) is 24.8. The van der Waals surface area contributed by atoms with Crippen molar-refractivity contribution in [3.8, 4) is 11.5 Å². The van der Waals surface area contributed by atoms with Crippen molar-refractivity contribution in [3.63, 3.8) is 0 Å². The van der Waals surface area contributed by atoms with Gasteiger partial charge in [0, 0.05) is 10.0 Å². The van der Waals surface area contributed by atoms with Crippen molar-refractivity contribution in [3.05, 3.63) is 129 Å². The molecule has 4 aromatic rings. The molecule has 0 aromatic heterocycles. The quantitative estimate of drug-likeness (QED) is 0.122. The molecule has 0 aliphatic rings. The molecule has 248 valence electrons. The molecule has 2 unspecified atom stereocenters. The highest BCUT2D eigenvalue weighted by molar-refractivity contribution is 7.92. The third kappa shape index (κ3) is 9.03. The number of benzene rings is 4. The van der Waals surface area contributed by atoms with Crippen LogP contribution in [0.3, 0.4) is 0 Å². The molecule has 4 aromatic carbocycles. The van der Waals surface area contributed by atoms with Gasteiger partial charge in [0.1, 0.15) is 22.0 Å². The van der Waals surface area contributed by atoms with E-state index in [0.29, 0.717) is 22.6 Å². The van der Waals surface area contributed by atoms with Crippen molar-refractivity contribution >= 4 is 71.0 Å². The van der Waals surface area contributed by atoms with E-state index in [1.54, 1.807) is 12.1 Å². The van der Waals surface area contributed by atoms with Crippen LogP contribution in [0.5, 0.6) is 11.5 Å².